The molecule has 0 spiro atoms. The number of benzene rings is 3. The molecule has 5 N–H and O–H groups in total. The Bertz CT molecular complexity index is 1300. The molecule has 3 aromatic rings. The van der Waals surface area contributed by atoms with Crippen LogP contribution in [-0.4, -0.2) is 24.2 Å². The molecule has 9 nitrogen and oxygen atoms in total. The largest absolute Gasteiger partial charge is 0.504 e. The Labute approximate surface area is 208 Å². The molecule has 0 heterocycles. The van der Waals surface area contributed by atoms with Crippen LogP contribution >= 0.6 is 0 Å². The van der Waals surface area contributed by atoms with Crippen molar-refractivity contribution in [1.29, 1.82) is 5.26 Å². The third kappa shape index (κ3) is 6.77. The van der Waals surface area contributed by atoms with Crippen LogP contribution in [0.25, 0.3) is 0 Å². The second-order valence-electron chi connectivity index (χ2n) is 7.87. The molecule has 0 aliphatic carbocycles. The molecule has 184 valence electrons. The fourth-order valence-electron chi connectivity index (χ4n) is 3.38. The molecule has 0 saturated heterocycles. The van der Waals surface area contributed by atoms with Crippen LogP contribution in [0.4, 0.5) is 21.9 Å². The molecule has 0 aliphatic rings. The van der Waals surface area contributed by atoms with Crippen molar-refractivity contribution in [2.75, 3.05) is 23.5 Å². The van der Waals surface area contributed by atoms with E-state index in [4.69, 9.17) is 20.5 Å². The normalized spacial score (nSPS) is 12.2. The number of carbonyl (C=O) groups is 2. The maximum atomic E-state index is 12.7. The minimum Gasteiger partial charge on any atom is -0.504 e. The molecule has 0 aromatic heterocycles. The lowest BCUT2D eigenvalue weighted by atomic mass is 9.96. The van der Waals surface area contributed by atoms with Crippen LogP contribution in [0.5, 0.6) is 11.5 Å². The summed E-state index contributed by atoms with van der Waals surface area (Å²) in [5.41, 5.74) is 8.17. The lowest BCUT2D eigenvalue weighted by molar-refractivity contribution is -0.111. The summed E-state index contributed by atoms with van der Waals surface area (Å²) in [6.07, 6.45) is 1.32. The number of nitrogens with zero attached hydrogens (tertiary/aromatic N) is 1. The number of phenolic OH excluding ortho intramolecular Hbond substituents is 1. The fourth-order valence-corrected chi connectivity index (χ4v) is 3.38. The Morgan fingerprint density at radius 3 is 2.44 bits per heavy atom. The highest BCUT2D eigenvalue weighted by atomic mass is 16.6. The van der Waals surface area contributed by atoms with Crippen molar-refractivity contribution in [2.45, 2.75) is 13.0 Å². The number of ether oxygens (including phenoxy) is 2. The first kappa shape index (κ1) is 25.6. The van der Waals surface area contributed by atoms with Crippen LogP contribution in [-0.2, 0) is 9.53 Å². The van der Waals surface area contributed by atoms with E-state index in [1.807, 2.05) is 6.07 Å². The Hall–Kier alpha value is -4.97. The molecular weight excluding hydrogens is 460 g/mol. The predicted octanol–water partition coefficient (Wildman–Crippen LogP) is 4.98. The first-order chi connectivity index (χ1) is 17.3. The molecule has 0 unspecified atom stereocenters. The van der Waals surface area contributed by atoms with Gasteiger partial charge in [-0.2, -0.15) is 5.26 Å². The number of phenols is 1. The van der Waals surface area contributed by atoms with E-state index in [1.54, 1.807) is 73.7 Å². The predicted molar refractivity (Wildman–Crippen MR) is 136 cm³/mol. The highest BCUT2D eigenvalue weighted by Crippen LogP contribution is 2.34. The highest BCUT2D eigenvalue weighted by molar-refractivity contribution is 6.01. The van der Waals surface area contributed by atoms with Gasteiger partial charge in [-0.1, -0.05) is 31.2 Å². The number of nitriles is 1. The van der Waals surface area contributed by atoms with E-state index in [2.05, 4.69) is 10.6 Å². The summed E-state index contributed by atoms with van der Waals surface area (Å²) >= 11 is 0. The number of anilines is 3. The quantitative estimate of drug-likeness (QED) is 0.259. The number of nitrogens with one attached hydrogen (secondary N) is 2. The van der Waals surface area contributed by atoms with Crippen LogP contribution in [0.2, 0.25) is 0 Å². The summed E-state index contributed by atoms with van der Waals surface area (Å²) in [6, 6.07) is 19.8. The highest BCUT2D eigenvalue weighted by Gasteiger charge is 2.24. The molecule has 9 heteroatoms. The first-order valence-corrected chi connectivity index (χ1v) is 11.0. The van der Waals surface area contributed by atoms with E-state index in [0.29, 0.717) is 28.2 Å². The second kappa shape index (κ2) is 11.9. The maximum absolute atomic E-state index is 12.7. The SMILES string of the molecule is COc1ccc([C@H](OC(=O)Nc2ccc(C#N)cc2)[C@@H](C)/C=C/C(=O)Nc2ccccc2N)cc1O. The van der Waals surface area contributed by atoms with E-state index in [1.165, 1.54) is 19.3 Å². The summed E-state index contributed by atoms with van der Waals surface area (Å²) in [4.78, 5) is 25.1. The number of hydrogen-bond acceptors (Lipinski definition) is 7. The Balaban J connectivity index is 1.78. The van der Waals surface area contributed by atoms with E-state index < -0.39 is 24.0 Å². The average molecular weight is 487 g/mol. The van der Waals surface area contributed by atoms with Gasteiger partial charge in [0.2, 0.25) is 5.91 Å². The molecule has 0 saturated carbocycles. The van der Waals surface area contributed by atoms with E-state index in [9.17, 15) is 14.7 Å². The first-order valence-electron chi connectivity index (χ1n) is 11.0. The van der Waals surface area contributed by atoms with Gasteiger partial charge in [0.05, 0.1) is 30.1 Å². The van der Waals surface area contributed by atoms with Crippen LogP contribution in [0.1, 0.15) is 24.2 Å². The smallest absolute Gasteiger partial charge is 0.412 e. The summed E-state index contributed by atoms with van der Waals surface area (Å²) in [6.45, 7) is 1.77. The number of para-hydroxylation sites is 2. The number of methoxy groups -OCH3 is 1. The molecule has 0 bridgehead atoms. The standard InChI is InChI=1S/C27H26N4O5/c1-17(7-14-25(33)31-22-6-4-3-5-21(22)29)26(19-10-13-24(35-2)23(32)15-19)36-27(34)30-20-11-8-18(16-28)9-12-20/h3-15,17,26,32H,29H2,1-2H3,(H,30,34)(H,31,33)/b14-7+/t17-,26+/m0/s1. The minimum atomic E-state index is -0.856. The molecule has 0 radical (unpaired) electrons. The Morgan fingerprint density at radius 2 is 1.81 bits per heavy atom. The lowest BCUT2D eigenvalue weighted by Crippen LogP contribution is -2.21. The number of nitrogen functional groups attached to an aromatic ring is 1. The number of nitrogens with two attached hydrogens (primary N) is 1. The van der Waals surface area contributed by atoms with Crippen molar-refractivity contribution >= 4 is 29.1 Å². The zero-order valence-corrected chi connectivity index (χ0v) is 19.8. The number of rotatable bonds is 8. The van der Waals surface area contributed by atoms with Crippen molar-refractivity contribution in [3.8, 4) is 17.6 Å². The van der Waals surface area contributed by atoms with Crippen molar-refractivity contribution in [3.63, 3.8) is 0 Å². The van der Waals surface area contributed by atoms with E-state index >= 15 is 0 Å². The van der Waals surface area contributed by atoms with Crippen molar-refractivity contribution in [1.82, 2.24) is 0 Å². The molecule has 36 heavy (non-hydrogen) atoms. The monoisotopic (exact) mass is 486 g/mol. The summed E-state index contributed by atoms with van der Waals surface area (Å²) in [7, 11) is 1.43. The second-order valence-corrected chi connectivity index (χ2v) is 7.87. The number of amides is 2. The van der Waals surface area contributed by atoms with E-state index in [0.717, 1.165) is 0 Å². The molecular formula is C27H26N4O5. The summed E-state index contributed by atoms with van der Waals surface area (Å²) < 4.78 is 10.8. The zero-order chi connectivity index (χ0) is 26.1. The van der Waals surface area contributed by atoms with Gasteiger partial charge in [-0.3, -0.25) is 10.1 Å². The van der Waals surface area contributed by atoms with Crippen LogP contribution in [0.3, 0.4) is 0 Å². The zero-order valence-electron chi connectivity index (χ0n) is 19.8. The van der Waals surface area contributed by atoms with Gasteiger partial charge < -0.3 is 25.6 Å². The number of aromatic hydroxyl groups is 1. The lowest BCUT2D eigenvalue weighted by Gasteiger charge is -2.23. The Morgan fingerprint density at radius 1 is 1.08 bits per heavy atom. The third-order valence-electron chi connectivity index (χ3n) is 5.27. The van der Waals surface area contributed by atoms with Crippen molar-refractivity contribution < 1.29 is 24.2 Å². The van der Waals surface area contributed by atoms with Crippen molar-refractivity contribution in [3.05, 3.63) is 90.0 Å². The molecule has 0 fully saturated rings. The topological polar surface area (TPSA) is 147 Å². The van der Waals surface area contributed by atoms with Crippen LogP contribution in [0, 0.1) is 17.2 Å². The van der Waals surface area contributed by atoms with Gasteiger partial charge in [0.15, 0.2) is 11.5 Å². The van der Waals surface area contributed by atoms with Gasteiger partial charge in [-0.05, 0) is 60.2 Å². The van der Waals surface area contributed by atoms with E-state index in [-0.39, 0.29) is 11.5 Å². The average Bonchev–Trinajstić information content (AvgIpc) is 2.87. The minimum absolute atomic E-state index is 0.121. The maximum Gasteiger partial charge on any atom is 0.412 e. The van der Waals surface area contributed by atoms with Gasteiger partial charge in [0.25, 0.3) is 0 Å². The number of carbonyl (C=O) groups excluding carboxylic acids is 2. The van der Waals surface area contributed by atoms with Gasteiger partial charge in [-0.15, -0.1) is 0 Å². The summed E-state index contributed by atoms with van der Waals surface area (Å²) in [5.74, 6) is -0.728. The number of hydrogen-bond donors (Lipinski definition) is 4. The van der Waals surface area contributed by atoms with Gasteiger partial charge in [0, 0.05) is 11.6 Å². The van der Waals surface area contributed by atoms with Crippen LogP contribution in [0.15, 0.2) is 78.9 Å². The molecule has 2 atom stereocenters. The van der Waals surface area contributed by atoms with Gasteiger partial charge in [-0.25, -0.2) is 4.79 Å². The van der Waals surface area contributed by atoms with Gasteiger partial charge >= 0.3 is 6.09 Å². The van der Waals surface area contributed by atoms with Crippen LogP contribution < -0.4 is 21.1 Å². The molecule has 3 rings (SSSR count). The van der Waals surface area contributed by atoms with Gasteiger partial charge in [0.1, 0.15) is 6.10 Å². The Kier molecular flexibility index (Phi) is 8.51. The molecule has 3 aromatic carbocycles. The van der Waals surface area contributed by atoms with Crippen molar-refractivity contribution in [2.24, 2.45) is 5.92 Å². The third-order valence-corrected chi connectivity index (χ3v) is 5.27. The summed E-state index contributed by atoms with van der Waals surface area (Å²) in [5, 5.41) is 24.5. The fraction of sp³-hybridized carbons (Fsp3) is 0.148. The molecule has 0 aliphatic heterocycles. The molecule has 2 amide bonds.